The number of ether oxygens (including phenoxy) is 2. The number of hydrogen-bond acceptors (Lipinski definition) is 6. The van der Waals surface area contributed by atoms with Crippen LogP contribution in [0.15, 0.2) is 42.1 Å². The fourth-order valence-electron chi connectivity index (χ4n) is 2.19. The summed E-state index contributed by atoms with van der Waals surface area (Å²) in [5.41, 5.74) is 0. The molecule has 22 heavy (non-hydrogen) atoms. The molecule has 2 aromatic rings. The molecule has 0 unspecified atom stereocenters. The van der Waals surface area contributed by atoms with Gasteiger partial charge < -0.3 is 9.47 Å². The van der Waals surface area contributed by atoms with Crippen molar-refractivity contribution in [1.82, 2.24) is 14.8 Å². The smallest absolute Gasteiger partial charge is 0.192 e. The number of thioether (sulfide) groups is 1. The van der Waals surface area contributed by atoms with E-state index in [0.717, 1.165) is 5.75 Å². The summed E-state index contributed by atoms with van der Waals surface area (Å²) in [4.78, 5) is 0. The van der Waals surface area contributed by atoms with Gasteiger partial charge in [0.15, 0.2) is 28.6 Å². The van der Waals surface area contributed by atoms with E-state index in [9.17, 15) is 0 Å². The second kappa shape index (κ2) is 6.54. The lowest BCUT2D eigenvalue weighted by Gasteiger charge is -2.26. The average Bonchev–Trinajstić information content (AvgIpc) is 2.95. The minimum atomic E-state index is -0.334. The molecule has 112 valence electrons. The number of aromatic nitrogens is 3. The molecule has 0 saturated carbocycles. The lowest BCUT2D eigenvalue weighted by atomic mass is 10.2. The molecule has 1 aromatic heterocycles. The van der Waals surface area contributed by atoms with E-state index in [2.05, 4.69) is 22.8 Å². The summed E-state index contributed by atoms with van der Waals surface area (Å²) in [6, 6.07) is 9.62. The Morgan fingerprint density at radius 2 is 2.23 bits per heavy atom. The first-order valence-corrected chi connectivity index (χ1v) is 7.74. The van der Waals surface area contributed by atoms with Crippen molar-refractivity contribution in [3.8, 4) is 17.6 Å². The molecule has 0 aliphatic carbocycles. The third-order valence-electron chi connectivity index (χ3n) is 3.12. The van der Waals surface area contributed by atoms with Gasteiger partial charge in [0.25, 0.3) is 0 Å². The average molecular weight is 314 g/mol. The zero-order valence-electron chi connectivity index (χ0n) is 11.8. The molecular weight excluding hydrogens is 300 g/mol. The number of nitrogens with zero attached hydrogens (tertiary/aromatic N) is 4. The van der Waals surface area contributed by atoms with Crippen molar-refractivity contribution in [1.29, 1.82) is 5.26 Å². The normalized spacial score (nSPS) is 16.0. The van der Waals surface area contributed by atoms with E-state index in [1.807, 2.05) is 28.8 Å². The SMILES string of the molecule is C=CCn1c(SCC#N)nnc1[C@@H]1COc2ccccc2O1. The van der Waals surface area contributed by atoms with Crippen molar-refractivity contribution in [2.24, 2.45) is 0 Å². The second-order valence-electron chi connectivity index (χ2n) is 4.55. The standard InChI is InChI=1S/C15H14N4O2S/c1-2-8-19-14(17-18-15(19)22-9-7-16)13-10-20-11-5-3-4-6-12(11)21-13/h2-6,13H,1,8-10H2/t13-/m0/s1. The highest BCUT2D eigenvalue weighted by atomic mass is 32.2. The van der Waals surface area contributed by atoms with Gasteiger partial charge in [-0.2, -0.15) is 5.26 Å². The summed E-state index contributed by atoms with van der Waals surface area (Å²) in [5.74, 6) is 2.42. The van der Waals surface area contributed by atoms with Crippen molar-refractivity contribution in [3.63, 3.8) is 0 Å². The number of nitriles is 1. The fourth-order valence-corrected chi connectivity index (χ4v) is 2.81. The summed E-state index contributed by atoms with van der Waals surface area (Å²) < 4.78 is 13.6. The van der Waals surface area contributed by atoms with E-state index in [-0.39, 0.29) is 6.10 Å². The van der Waals surface area contributed by atoms with Crippen LogP contribution in [0.5, 0.6) is 11.5 Å². The molecule has 2 heterocycles. The lowest BCUT2D eigenvalue weighted by molar-refractivity contribution is 0.0821. The van der Waals surface area contributed by atoms with Crippen molar-refractivity contribution in [2.45, 2.75) is 17.8 Å². The Kier molecular flexibility index (Phi) is 4.30. The van der Waals surface area contributed by atoms with Gasteiger partial charge in [-0.25, -0.2) is 0 Å². The van der Waals surface area contributed by atoms with Crippen LogP contribution in [0.3, 0.4) is 0 Å². The molecule has 1 aliphatic rings. The van der Waals surface area contributed by atoms with Gasteiger partial charge in [-0.1, -0.05) is 30.0 Å². The Bertz CT molecular complexity index is 723. The summed E-state index contributed by atoms with van der Waals surface area (Å²) in [7, 11) is 0. The zero-order chi connectivity index (χ0) is 15.4. The van der Waals surface area contributed by atoms with E-state index in [1.54, 1.807) is 6.08 Å². The molecule has 0 N–H and O–H groups in total. The van der Waals surface area contributed by atoms with Gasteiger partial charge in [0.2, 0.25) is 0 Å². The van der Waals surface area contributed by atoms with E-state index < -0.39 is 0 Å². The first-order valence-electron chi connectivity index (χ1n) is 6.75. The number of hydrogen-bond donors (Lipinski definition) is 0. The molecule has 1 aromatic carbocycles. The topological polar surface area (TPSA) is 73.0 Å². The van der Waals surface area contributed by atoms with Gasteiger partial charge in [0, 0.05) is 6.54 Å². The summed E-state index contributed by atoms with van der Waals surface area (Å²) in [6.45, 7) is 4.68. The number of benzene rings is 1. The molecular formula is C15H14N4O2S. The molecule has 1 atom stereocenters. The molecule has 6 nitrogen and oxygen atoms in total. The molecule has 7 heteroatoms. The highest BCUT2D eigenvalue weighted by Gasteiger charge is 2.28. The van der Waals surface area contributed by atoms with Crippen LogP contribution in [0.4, 0.5) is 0 Å². The van der Waals surface area contributed by atoms with E-state index >= 15 is 0 Å². The minimum absolute atomic E-state index is 0.320. The number of para-hydroxylation sites is 2. The van der Waals surface area contributed by atoms with Crippen molar-refractivity contribution >= 4 is 11.8 Å². The first kappa shape index (κ1) is 14.5. The van der Waals surface area contributed by atoms with Gasteiger partial charge in [-0.3, -0.25) is 4.57 Å². The Labute approximate surface area is 132 Å². The summed E-state index contributed by atoms with van der Waals surface area (Å²) >= 11 is 1.34. The molecule has 0 spiro atoms. The van der Waals surface area contributed by atoms with Crippen molar-refractivity contribution in [2.75, 3.05) is 12.4 Å². The van der Waals surface area contributed by atoms with E-state index in [0.29, 0.717) is 35.6 Å². The van der Waals surface area contributed by atoms with Gasteiger partial charge in [0.05, 0.1) is 11.8 Å². The van der Waals surface area contributed by atoms with Crippen LogP contribution >= 0.6 is 11.8 Å². The van der Waals surface area contributed by atoms with Crippen LogP contribution in [0.2, 0.25) is 0 Å². The third-order valence-corrected chi connectivity index (χ3v) is 3.95. The number of allylic oxidation sites excluding steroid dienone is 1. The van der Waals surface area contributed by atoms with E-state index in [4.69, 9.17) is 14.7 Å². The molecule has 0 radical (unpaired) electrons. The molecule has 0 fully saturated rings. The minimum Gasteiger partial charge on any atom is -0.485 e. The van der Waals surface area contributed by atoms with Crippen LogP contribution in [-0.2, 0) is 6.54 Å². The maximum Gasteiger partial charge on any atom is 0.192 e. The summed E-state index contributed by atoms with van der Waals surface area (Å²) in [6.07, 6.45) is 1.43. The second-order valence-corrected chi connectivity index (χ2v) is 5.49. The van der Waals surface area contributed by atoms with Crippen LogP contribution in [-0.4, -0.2) is 27.1 Å². The van der Waals surface area contributed by atoms with Crippen LogP contribution in [0.25, 0.3) is 0 Å². The van der Waals surface area contributed by atoms with Crippen LogP contribution in [0.1, 0.15) is 11.9 Å². The quantitative estimate of drug-likeness (QED) is 0.624. The lowest BCUT2D eigenvalue weighted by Crippen LogP contribution is -2.25. The van der Waals surface area contributed by atoms with Crippen molar-refractivity contribution < 1.29 is 9.47 Å². The molecule has 0 bridgehead atoms. The largest absolute Gasteiger partial charge is 0.485 e. The van der Waals surface area contributed by atoms with Gasteiger partial charge >= 0.3 is 0 Å². The highest BCUT2D eigenvalue weighted by molar-refractivity contribution is 7.99. The Morgan fingerprint density at radius 1 is 1.41 bits per heavy atom. The Balaban J connectivity index is 1.87. The summed E-state index contributed by atoms with van der Waals surface area (Å²) in [5, 5.41) is 17.8. The third kappa shape index (κ3) is 2.78. The number of fused-ring (bicyclic) bond motifs is 1. The molecule has 0 amide bonds. The maximum absolute atomic E-state index is 8.72. The Morgan fingerprint density at radius 3 is 3.00 bits per heavy atom. The van der Waals surface area contributed by atoms with Gasteiger partial charge in [-0.05, 0) is 12.1 Å². The van der Waals surface area contributed by atoms with Crippen molar-refractivity contribution in [3.05, 3.63) is 42.7 Å². The van der Waals surface area contributed by atoms with E-state index in [1.165, 1.54) is 11.8 Å². The predicted molar refractivity (Wildman–Crippen MR) is 81.9 cm³/mol. The predicted octanol–water partition coefficient (Wildman–Crippen LogP) is 2.59. The Hall–Kier alpha value is -2.46. The zero-order valence-corrected chi connectivity index (χ0v) is 12.6. The van der Waals surface area contributed by atoms with Gasteiger partial charge in [-0.15, -0.1) is 16.8 Å². The highest BCUT2D eigenvalue weighted by Crippen LogP contribution is 2.36. The monoisotopic (exact) mass is 314 g/mol. The van der Waals surface area contributed by atoms with Crippen LogP contribution < -0.4 is 9.47 Å². The van der Waals surface area contributed by atoms with Gasteiger partial charge in [0.1, 0.15) is 6.61 Å². The molecule has 1 aliphatic heterocycles. The molecule has 0 saturated heterocycles. The van der Waals surface area contributed by atoms with Crippen LogP contribution in [0, 0.1) is 11.3 Å². The molecule has 3 rings (SSSR count). The fraction of sp³-hybridized carbons (Fsp3) is 0.267. The first-order chi connectivity index (χ1) is 10.8. The maximum atomic E-state index is 8.72. The number of rotatable bonds is 5.